The van der Waals surface area contributed by atoms with Gasteiger partial charge in [0.25, 0.3) is 0 Å². The molecule has 0 unspecified atom stereocenters. The molecule has 0 aliphatic heterocycles. The van der Waals surface area contributed by atoms with E-state index in [-0.39, 0.29) is 11.5 Å². The van der Waals surface area contributed by atoms with Crippen LogP contribution in [0.1, 0.15) is 19.4 Å². The third-order valence-corrected chi connectivity index (χ3v) is 2.95. The Balaban J connectivity index is 2.18. The van der Waals surface area contributed by atoms with Gasteiger partial charge in [0.05, 0.1) is 24.4 Å². The Labute approximate surface area is 139 Å². The van der Waals surface area contributed by atoms with Gasteiger partial charge in [-0.3, -0.25) is 15.5 Å². The number of anilines is 1. The van der Waals surface area contributed by atoms with E-state index < -0.39 is 4.92 Å². The number of nitro groups is 1. The molecule has 0 saturated heterocycles. The van der Waals surface area contributed by atoms with E-state index in [0.29, 0.717) is 30.3 Å². The summed E-state index contributed by atoms with van der Waals surface area (Å²) in [5.74, 6) is 1.39. The first-order valence-corrected chi connectivity index (χ1v) is 7.43. The number of aromatic nitrogens is 1. The number of nitrogens with one attached hydrogen (secondary N) is 1. The van der Waals surface area contributed by atoms with Gasteiger partial charge in [-0.2, -0.15) is 5.10 Å². The van der Waals surface area contributed by atoms with E-state index in [2.05, 4.69) is 15.5 Å². The maximum absolute atomic E-state index is 10.9. The second-order valence-electron chi connectivity index (χ2n) is 4.56. The van der Waals surface area contributed by atoms with E-state index in [1.807, 2.05) is 13.8 Å². The Hall–Kier alpha value is -3.16. The minimum atomic E-state index is -0.520. The number of pyridine rings is 1. The molecule has 1 aromatic carbocycles. The van der Waals surface area contributed by atoms with Crippen LogP contribution in [0.2, 0.25) is 0 Å². The number of ether oxygens (including phenoxy) is 2. The Morgan fingerprint density at radius 3 is 2.79 bits per heavy atom. The Morgan fingerprint density at radius 2 is 2.08 bits per heavy atom. The lowest BCUT2D eigenvalue weighted by Gasteiger charge is -2.10. The fraction of sp³-hybridized carbons (Fsp3) is 0.250. The normalized spacial score (nSPS) is 10.6. The molecule has 0 bridgehead atoms. The molecule has 0 fully saturated rings. The van der Waals surface area contributed by atoms with Gasteiger partial charge in [-0.05, 0) is 32.0 Å². The molecule has 8 heteroatoms. The van der Waals surface area contributed by atoms with Crippen molar-refractivity contribution in [1.29, 1.82) is 0 Å². The molecule has 0 aliphatic rings. The molecule has 0 aliphatic carbocycles. The molecule has 2 aromatic rings. The molecule has 0 amide bonds. The van der Waals surface area contributed by atoms with Crippen LogP contribution in [-0.4, -0.2) is 29.3 Å². The Morgan fingerprint density at radius 1 is 1.29 bits per heavy atom. The number of hydrogen-bond acceptors (Lipinski definition) is 7. The number of nitrogens with zero attached hydrogens (tertiary/aromatic N) is 3. The highest BCUT2D eigenvalue weighted by atomic mass is 16.6. The zero-order valence-corrected chi connectivity index (χ0v) is 13.4. The van der Waals surface area contributed by atoms with Crippen molar-refractivity contribution in [3.8, 4) is 11.5 Å². The first-order chi connectivity index (χ1) is 11.7. The minimum Gasteiger partial charge on any atom is -0.494 e. The molecule has 1 heterocycles. The van der Waals surface area contributed by atoms with Gasteiger partial charge in [-0.25, -0.2) is 4.98 Å². The highest BCUT2D eigenvalue weighted by Gasteiger charge is 2.13. The molecular formula is C16H18N4O4. The van der Waals surface area contributed by atoms with Crippen molar-refractivity contribution in [2.75, 3.05) is 18.6 Å². The number of hydrazone groups is 1. The SMILES string of the molecule is CCOc1ccc(/C=N\Nc2ncccc2[N+](=O)[O-])c(OCC)c1. The lowest BCUT2D eigenvalue weighted by Crippen LogP contribution is -2.01. The monoisotopic (exact) mass is 330 g/mol. The van der Waals surface area contributed by atoms with Gasteiger partial charge in [-0.1, -0.05) is 0 Å². The van der Waals surface area contributed by atoms with Crippen molar-refractivity contribution in [3.05, 3.63) is 52.2 Å². The largest absolute Gasteiger partial charge is 0.494 e. The molecule has 0 saturated carbocycles. The van der Waals surface area contributed by atoms with Crippen LogP contribution in [0.25, 0.3) is 0 Å². The molecule has 0 atom stereocenters. The fourth-order valence-corrected chi connectivity index (χ4v) is 1.95. The van der Waals surface area contributed by atoms with Crippen LogP contribution in [-0.2, 0) is 0 Å². The zero-order chi connectivity index (χ0) is 17.4. The molecule has 8 nitrogen and oxygen atoms in total. The van der Waals surface area contributed by atoms with E-state index in [0.717, 1.165) is 0 Å². The van der Waals surface area contributed by atoms with Gasteiger partial charge >= 0.3 is 5.69 Å². The summed E-state index contributed by atoms with van der Waals surface area (Å²) in [5.41, 5.74) is 3.15. The molecule has 24 heavy (non-hydrogen) atoms. The molecule has 126 valence electrons. The second-order valence-corrected chi connectivity index (χ2v) is 4.56. The lowest BCUT2D eigenvalue weighted by atomic mass is 10.2. The van der Waals surface area contributed by atoms with E-state index in [9.17, 15) is 10.1 Å². The van der Waals surface area contributed by atoms with Crippen LogP contribution in [0, 0.1) is 10.1 Å². The molecule has 0 radical (unpaired) electrons. The van der Waals surface area contributed by atoms with E-state index in [4.69, 9.17) is 9.47 Å². The number of hydrogen-bond donors (Lipinski definition) is 1. The van der Waals surface area contributed by atoms with Crippen LogP contribution in [0.3, 0.4) is 0 Å². The smallest absolute Gasteiger partial charge is 0.313 e. The van der Waals surface area contributed by atoms with Crippen molar-refractivity contribution >= 4 is 17.7 Å². The van der Waals surface area contributed by atoms with Crippen LogP contribution in [0.4, 0.5) is 11.5 Å². The van der Waals surface area contributed by atoms with E-state index >= 15 is 0 Å². The van der Waals surface area contributed by atoms with Gasteiger partial charge in [0, 0.05) is 23.9 Å². The van der Waals surface area contributed by atoms with Crippen LogP contribution >= 0.6 is 0 Å². The topological polar surface area (TPSA) is 98.9 Å². The van der Waals surface area contributed by atoms with Crippen LogP contribution < -0.4 is 14.9 Å². The average molecular weight is 330 g/mol. The summed E-state index contributed by atoms with van der Waals surface area (Å²) in [4.78, 5) is 14.3. The summed E-state index contributed by atoms with van der Waals surface area (Å²) in [7, 11) is 0. The molecule has 0 spiro atoms. The maximum atomic E-state index is 10.9. The summed E-state index contributed by atoms with van der Waals surface area (Å²) in [5, 5.41) is 14.9. The predicted molar refractivity (Wildman–Crippen MR) is 90.9 cm³/mol. The van der Waals surface area contributed by atoms with Gasteiger partial charge in [-0.15, -0.1) is 0 Å². The summed E-state index contributed by atoms with van der Waals surface area (Å²) < 4.78 is 11.0. The summed E-state index contributed by atoms with van der Waals surface area (Å²) in [6, 6.07) is 8.22. The number of rotatable bonds is 8. The van der Waals surface area contributed by atoms with Crippen molar-refractivity contribution in [2.45, 2.75) is 13.8 Å². The van der Waals surface area contributed by atoms with E-state index in [1.54, 1.807) is 18.2 Å². The quantitative estimate of drug-likeness (QED) is 0.453. The standard InChI is InChI=1S/C16H18N4O4/c1-3-23-13-8-7-12(15(10-13)24-4-2)11-18-19-16-14(20(21)22)6-5-9-17-16/h5-11H,3-4H2,1-2H3,(H,17,19)/b18-11-. The van der Waals surface area contributed by atoms with Crippen molar-refractivity contribution in [3.63, 3.8) is 0 Å². The minimum absolute atomic E-state index is 0.0719. The van der Waals surface area contributed by atoms with Gasteiger partial charge in [0.1, 0.15) is 11.5 Å². The van der Waals surface area contributed by atoms with Gasteiger partial charge in [0.2, 0.25) is 5.82 Å². The van der Waals surface area contributed by atoms with Crippen molar-refractivity contribution in [2.24, 2.45) is 5.10 Å². The molecule has 1 aromatic heterocycles. The Kier molecular flexibility index (Phi) is 6.07. The molecule has 1 N–H and O–H groups in total. The van der Waals surface area contributed by atoms with Crippen molar-refractivity contribution in [1.82, 2.24) is 4.98 Å². The third kappa shape index (κ3) is 4.42. The molecular weight excluding hydrogens is 312 g/mol. The third-order valence-electron chi connectivity index (χ3n) is 2.95. The predicted octanol–water partition coefficient (Wildman–Crippen LogP) is 3.23. The summed E-state index contributed by atoms with van der Waals surface area (Å²) >= 11 is 0. The Bertz CT molecular complexity index is 734. The zero-order valence-electron chi connectivity index (χ0n) is 13.4. The summed E-state index contributed by atoms with van der Waals surface area (Å²) in [6.07, 6.45) is 2.96. The van der Waals surface area contributed by atoms with Gasteiger partial charge in [0.15, 0.2) is 0 Å². The fourth-order valence-electron chi connectivity index (χ4n) is 1.95. The lowest BCUT2D eigenvalue weighted by molar-refractivity contribution is -0.384. The first kappa shape index (κ1) is 17.2. The molecule has 2 rings (SSSR count). The van der Waals surface area contributed by atoms with Gasteiger partial charge < -0.3 is 9.47 Å². The maximum Gasteiger partial charge on any atom is 0.313 e. The highest BCUT2D eigenvalue weighted by molar-refractivity contribution is 5.84. The van der Waals surface area contributed by atoms with Crippen molar-refractivity contribution < 1.29 is 14.4 Å². The second kappa shape index (κ2) is 8.47. The van der Waals surface area contributed by atoms with E-state index in [1.165, 1.54) is 24.5 Å². The first-order valence-electron chi connectivity index (χ1n) is 7.43. The highest BCUT2D eigenvalue weighted by Crippen LogP contribution is 2.24. The average Bonchev–Trinajstić information content (AvgIpc) is 2.57. The van der Waals surface area contributed by atoms with Crippen LogP contribution in [0.15, 0.2) is 41.6 Å². The summed E-state index contributed by atoms with van der Waals surface area (Å²) in [6.45, 7) is 4.84. The number of benzene rings is 1. The van der Waals surface area contributed by atoms with Crippen LogP contribution in [0.5, 0.6) is 11.5 Å².